The number of carbonyl (C=O) groups excluding carboxylic acids is 3. The fourth-order valence-electron chi connectivity index (χ4n) is 7.91. The van der Waals surface area contributed by atoms with Crippen molar-refractivity contribution in [2.45, 2.75) is 76.9 Å². The minimum Gasteiger partial charge on any atom is -0.351 e. The number of carbonyl (C=O) groups is 3. The fraction of sp³-hybridized carbons (Fsp3) is 0.500. The highest BCUT2D eigenvalue weighted by molar-refractivity contribution is 6.30. The molecular formula is C34H39ClN4O3. The van der Waals surface area contributed by atoms with E-state index < -0.39 is 11.5 Å². The standard InChI is InChI=1S/C34H39ClN4O3/c1-33(2,3)29(37-30(40)26-16-23-6-4-5-7-25(23)36-26)32(42)38-18-28-34(17-27(34)38)19-39(28)31(41)22-10-8-20(9-11-22)21-12-14-24(35)15-13-21/h4-7,12-16,20,22,27-29,36H,8-11,17-19H2,1-3H3,(H,37,40)/t20?,22?,27?,28?,29-,34?/m1/s1. The first kappa shape index (κ1) is 27.5. The summed E-state index contributed by atoms with van der Waals surface area (Å²) < 4.78 is 0. The zero-order valence-corrected chi connectivity index (χ0v) is 25.3. The van der Waals surface area contributed by atoms with Crippen molar-refractivity contribution < 1.29 is 14.4 Å². The van der Waals surface area contributed by atoms with Gasteiger partial charge in [0.25, 0.3) is 5.91 Å². The highest BCUT2D eigenvalue weighted by Gasteiger charge is 2.76. The van der Waals surface area contributed by atoms with E-state index in [1.165, 1.54) is 5.56 Å². The van der Waals surface area contributed by atoms with Gasteiger partial charge in [-0.2, -0.15) is 0 Å². The Morgan fingerprint density at radius 2 is 1.69 bits per heavy atom. The molecule has 1 spiro atoms. The summed E-state index contributed by atoms with van der Waals surface area (Å²) in [7, 11) is 0. The summed E-state index contributed by atoms with van der Waals surface area (Å²) in [5.74, 6) is 0.484. The number of nitrogens with zero attached hydrogens (tertiary/aromatic N) is 2. The van der Waals surface area contributed by atoms with Crippen LogP contribution in [0.2, 0.25) is 5.02 Å². The summed E-state index contributed by atoms with van der Waals surface area (Å²) in [6, 6.07) is 17.3. The average Bonchev–Trinajstić information content (AvgIpc) is 3.48. The van der Waals surface area contributed by atoms with Gasteiger partial charge in [-0.3, -0.25) is 14.4 Å². The van der Waals surface area contributed by atoms with Gasteiger partial charge in [0.05, 0.1) is 6.04 Å². The van der Waals surface area contributed by atoms with Gasteiger partial charge in [-0.15, -0.1) is 0 Å². The van der Waals surface area contributed by atoms with Gasteiger partial charge in [0.2, 0.25) is 11.8 Å². The Morgan fingerprint density at radius 1 is 0.976 bits per heavy atom. The molecule has 3 amide bonds. The number of nitrogens with one attached hydrogen (secondary N) is 2. The number of H-pyrrole nitrogens is 1. The van der Waals surface area contributed by atoms with Crippen LogP contribution in [-0.2, 0) is 9.59 Å². The summed E-state index contributed by atoms with van der Waals surface area (Å²) in [4.78, 5) is 48.2. The number of para-hydroxylation sites is 1. The maximum atomic E-state index is 14.0. The monoisotopic (exact) mass is 586 g/mol. The van der Waals surface area contributed by atoms with Gasteiger partial charge in [-0.05, 0) is 73.3 Å². The van der Waals surface area contributed by atoms with E-state index >= 15 is 0 Å². The molecule has 3 heterocycles. The number of amides is 3. The van der Waals surface area contributed by atoms with Gasteiger partial charge in [-0.1, -0.05) is 62.7 Å². The van der Waals surface area contributed by atoms with Gasteiger partial charge in [0.15, 0.2) is 0 Å². The SMILES string of the molecule is CC(C)(C)[C@H](NC(=O)c1cc2ccccc2[nH]1)C(=O)N1CC2N(C(=O)C3CCC(c4ccc(Cl)cc4)CC3)CC23CC13. The topological polar surface area (TPSA) is 85.5 Å². The lowest BCUT2D eigenvalue weighted by atomic mass is 9.76. The molecule has 0 bridgehead atoms. The Hall–Kier alpha value is -3.32. The molecule has 220 valence electrons. The normalized spacial score (nSPS) is 29.0. The van der Waals surface area contributed by atoms with E-state index in [2.05, 4.69) is 27.3 Å². The van der Waals surface area contributed by atoms with Crippen LogP contribution in [0.1, 0.15) is 74.8 Å². The van der Waals surface area contributed by atoms with Crippen LogP contribution in [0.3, 0.4) is 0 Å². The number of aromatic amines is 1. The molecule has 7 rings (SSSR count). The molecule has 4 atom stereocenters. The number of aromatic nitrogens is 1. The molecule has 8 heteroatoms. The molecular weight excluding hydrogens is 548 g/mol. The smallest absolute Gasteiger partial charge is 0.268 e. The average molecular weight is 587 g/mol. The molecule has 4 fully saturated rings. The molecule has 2 saturated heterocycles. The second kappa shape index (κ2) is 9.87. The lowest BCUT2D eigenvalue weighted by Crippen LogP contribution is -2.62. The second-order valence-electron chi connectivity index (χ2n) is 14.1. The number of benzene rings is 2. The van der Waals surface area contributed by atoms with Crippen LogP contribution in [0.5, 0.6) is 0 Å². The quantitative estimate of drug-likeness (QED) is 0.399. The Labute approximate surface area is 252 Å². The van der Waals surface area contributed by atoms with Crippen molar-refractivity contribution in [1.82, 2.24) is 20.1 Å². The molecule has 42 heavy (non-hydrogen) atoms. The Morgan fingerprint density at radius 3 is 2.38 bits per heavy atom. The zero-order valence-electron chi connectivity index (χ0n) is 24.5. The third-order valence-corrected chi connectivity index (χ3v) is 10.7. The molecule has 1 aromatic heterocycles. The molecule has 3 unspecified atom stereocenters. The van der Waals surface area contributed by atoms with Gasteiger partial charge in [-0.25, -0.2) is 0 Å². The summed E-state index contributed by atoms with van der Waals surface area (Å²) in [6.07, 6.45) is 4.78. The molecule has 4 aliphatic rings. The van der Waals surface area contributed by atoms with Crippen molar-refractivity contribution in [3.63, 3.8) is 0 Å². The summed E-state index contributed by atoms with van der Waals surface area (Å²) in [5.41, 5.74) is 2.23. The van der Waals surface area contributed by atoms with Gasteiger partial charge < -0.3 is 20.1 Å². The van der Waals surface area contributed by atoms with E-state index in [1.807, 2.05) is 68.1 Å². The Bertz CT molecular complexity index is 1520. The molecule has 7 nitrogen and oxygen atoms in total. The van der Waals surface area contributed by atoms with Crippen molar-refractivity contribution in [3.05, 3.63) is 70.9 Å². The van der Waals surface area contributed by atoms with E-state index in [0.717, 1.165) is 54.6 Å². The second-order valence-corrected chi connectivity index (χ2v) is 14.5. The number of piperidine rings is 1. The van der Waals surface area contributed by atoms with Gasteiger partial charge in [0, 0.05) is 46.4 Å². The van der Waals surface area contributed by atoms with Crippen molar-refractivity contribution in [2.75, 3.05) is 13.1 Å². The lowest BCUT2D eigenvalue weighted by Gasteiger charge is -2.48. The Balaban J connectivity index is 0.999. The highest BCUT2D eigenvalue weighted by atomic mass is 35.5. The van der Waals surface area contributed by atoms with Crippen molar-refractivity contribution in [3.8, 4) is 0 Å². The van der Waals surface area contributed by atoms with Crippen LogP contribution in [0.25, 0.3) is 10.9 Å². The van der Waals surface area contributed by atoms with Crippen LogP contribution < -0.4 is 5.32 Å². The van der Waals surface area contributed by atoms with Crippen LogP contribution in [-0.4, -0.2) is 63.7 Å². The minimum atomic E-state index is -0.668. The summed E-state index contributed by atoms with van der Waals surface area (Å²) >= 11 is 6.07. The van der Waals surface area contributed by atoms with E-state index in [9.17, 15) is 14.4 Å². The number of hydrogen-bond acceptors (Lipinski definition) is 3. The van der Waals surface area contributed by atoms with Crippen LogP contribution in [0.15, 0.2) is 54.6 Å². The van der Waals surface area contributed by atoms with Crippen LogP contribution in [0, 0.1) is 16.7 Å². The highest BCUT2D eigenvalue weighted by Crippen LogP contribution is 2.65. The first-order valence-corrected chi connectivity index (χ1v) is 15.7. The summed E-state index contributed by atoms with van der Waals surface area (Å²) in [6.45, 7) is 7.29. The van der Waals surface area contributed by atoms with E-state index in [1.54, 1.807) is 0 Å². The van der Waals surface area contributed by atoms with E-state index in [4.69, 9.17) is 11.6 Å². The van der Waals surface area contributed by atoms with Crippen molar-refractivity contribution in [1.29, 1.82) is 0 Å². The van der Waals surface area contributed by atoms with Gasteiger partial charge >= 0.3 is 0 Å². The van der Waals surface area contributed by atoms with E-state index in [-0.39, 0.29) is 41.1 Å². The largest absolute Gasteiger partial charge is 0.351 e. The molecule has 2 aliphatic heterocycles. The molecule has 2 aromatic carbocycles. The maximum Gasteiger partial charge on any atom is 0.268 e. The van der Waals surface area contributed by atoms with Crippen molar-refractivity contribution >= 4 is 40.2 Å². The van der Waals surface area contributed by atoms with Crippen LogP contribution in [0.4, 0.5) is 0 Å². The van der Waals surface area contributed by atoms with Crippen molar-refractivity contribution in [2.24, 2.45) is 16.7 Å². The number of rotatable bonds is 5. The number of likely N-dealkylation sites (tertiary alicyclic amines) is 2. The molecule has 2 aliphatic carbocycles. The molecule has 2 saturated carbocycles. The third-order valence-electron chi connectivity index (χ3n) is 10.5. The lowest BCUT2D eigenvalue weighted by molar-refractivity contribution is -0.150. The number of hydrogen-bond donors (Lipinski definition) is 2. The number of fused-ring (bicyclic) bond motifs is 1. The van der Waals surface area contributed by atoms with E-state index in [0.29, 0.717) is 18.2 Å². The Kier molecular flexibility index (Phi) is 6.46. The predicted octanol–water partition coefficient (Wildman–Crippen LogP) is 5.75. The number of halogens is 1. The molecule has 2 N–H and O–H groups in total. The zero-order chi connectivity index (χ0) is 29.4. The minimum absolute atomic E-state index is 0.0425. The summed E-state index contributed by atoms with van der Waals surface area (Å²) in [5, 5.41) is 4.77. The fourth-order valence-corrected chi connectivity index (χ4v) is 8.04. The first-order valence-electron chi connectivity index (χ1n) is 15.3. The van der Waals surface area contributed by atoms with Gasteiger partial charge in [0.1, 0.15) is 11.7 Å². The molecule has 0 radical (unpaired) electrons. The maximum absolute atomic E-state index is 14.0. The first-order chi connectivity index (χ1) is 20.0. The van der Waals surface area contributed by atoms with Crippen LogP contribution >= 0.6 is 11.6 Å². The third kappa shape index (κ3) is 4.52. The molecule has 3 aromatic rings. The predicted molar refractivity (Wildman–Crippen MR) is 163 cm³/mol.